The van der Waals surface area contributed by atoms with Crippen molar-refractivity contribution in [1.82, 2.24) is 4.90 Å². The minimum absolute atomic E-state index is 0.331. The van der Waals surface area contributed by atoms with Crippen molar-refractivity contribution >= 4 is 0 Å². The van der Waals surface area contributed by atoms with E-state index in [0.29, 0.717) is 19.8 Å². The fraction of sp³-hybridized carbons (Fsp3) is 0.667. The molecule has 1 unspecified atom stereocenters. The molecule has 0 amide bonds. The average Bonchev–Trinajstić information content (AvgIpc) is 2.83. The van der Waals surface area contributed by atoms with Crippen LogP contribution in [0, 0.1) is 0 Å². The van der Waals surface area contributed by atoms with E-state index in [4.69, 9.17) is 13.9 Å². The Kier molecular flexibility index (Phi) is 5.00. The molecule has 1 aliphatic heterocycles. The molecule has 5 heteroatoms. The van der Waals surface area contributed by atoms with Crippen LogP contribution in [0.1, 0.15) is 5.76 Å². The number of aliphatic hydroxyl groups is 1. The Morgan fingerprint density at radius 2 is 2.24 bits per heavy atom. The molecule has 96 valence electrons. The maximum atomic E-state index is 9.79. The quantitative estimate of drug-likeness (QED) is 0.785. The van der Waals surface area contributed by atoms with Gasteiger partial charge in [0.15, 0.2) is 0 Å². The van der Waals surface area contributed by atoms with E-state index < -0.39 is 6.10 Å². The Hall–Kier alpha value is -0.880. The lowest BCUT2D eigenvalue weighted by molar-refractivity contribution is -0.0198. The van der Waals surface area contributed by atoms with Crippen molar-refractivity contribution in [3.63, 3.8) is 0 Å². The molecule has 1 N–H and O–H groups in total. The predicted molar refractivity (Wildman–Crippen MR) is 61.6 cm³/mol. The van der Waals surface area contributed by atoms with Crippen molar-refractivity contribution in [2.45, 2.75) is 12.7 Å². The monoisotopic (exact) mass is 241 g/mol. The second-order valence-corrected chi connectivity index (χ2v) is 4.16. The molecule has 0 saturated carbocycles. The summed E-state index contributed by atoms with van der Waals surface area (Å²) in [4.78, 5) is 2.18. The summed E-state index contributed by atoms with van der Waals surface area (Å²) < 4.78 is 15.8. The number of aliphatic hydroxyl groups excluding tert-OH is 1. The maximum absolute atomic E-state index is 9.79. The molecule has 0 aliphatic carbocycles. The van der Waals surface area contributed by atoms with E-state index in [1.165, 1.54) is 0 Å². The molecule has 0 radical (unpaired) electrons. The van der Waals surface area contributed by atoms with Gasteiger partial charge < -0.3 is 19.0 Å². The number of hydrogen-bond acceptors (Lipinski definition) is 5. The van der Waals surface area contributed by atoms with Crippen molar-refractivity contribution in [3.8, 4) is 0 Å². The highest BCUT2D eigenvalue weighted by Crippen LogP contribution is 2.03. The first-order valence-electron chi connectivity index (χ1n) is 5.93. The highest BCUT2D eigenvalue weighted by atomic mass is 16.5. The number of morpholine rings is 1. The molecular weight excluding hydrogens is 222 g/mol. The topological polar surface area (TPSA) is 55.1 Å². The van der Waals surface area contributed by atoms with Crippen LogP contribution in [-0.2, 0) is 16.1 Å². The van der Waals surface area contributed by atoms with Gasteiger partial charge in [0, 0.05) is 19.6 Å². The molecule has 1 aliphatic rings. The van der Waals surface area contributed by atoms with E-state index in [-0.39, 0.29) is 0 Å². The lowest BCUT2D eigenvalue weighted by Crippen LogP contribution is -2.42. The second-order valence-electron chi connectivity index (χ2n) is 4.16. The molecule has 17 heavy (non-hydrogen) atoms. The summed E-state index contributed by atoms with van der Waals surface area (Å²) >= 11 is 0. The zero-order valence-corrected chi connectivity index (χ0v) is 9.88. The van der Waals surface area contributed by atoms with Crippen LogP contribution in [0.25, 0.3) is 0 Å². The number of hydrogen-bond donors (Lipinski definition) is 1. The van der Waals surface area contributed by atoms with Crippen LogP contribution in [-0.4, -0.2) is 55.6 Å². The standard InChI is InChI=1S/C12H19NO4/c14-11(8-13-3-6-15-7-4-13)9-16-10-12-2-1-5-17-12/h1-2,5,11,14H,3-4,6-10H2. The van der Waals surface area contributed by atoms with Gasteiger partial charge in [0.1, 0.15) is 12.4 Å². The Bertz CT molecular complexity index is 295. The summed E-state index contributed by atoms with van der Waals surface area (Å²) in [5.41, 5.74) is 0. The molecule has 1 aromatic rings. The number of nitrogens with zero attached hydrogens (tertiary/aromatic N) is 1. The number of β-amino-alcohol motifs (C(OH)–C–C–N with tert-alkyl or cyclic N) is 1. The van der Waals surface area contributed by atoms with Gasteiger partial charge in [-0.05, 0) is 12.1 Å². The second kappa shape index (κ2) is 6.76. The van der Waals surface area contributed by atoms with Gasteiger partial charge in [-0.2, -0.15) is 0 Å². The third kappa shape index (κ3) is 4.47. The maximum Gasteiger partial charge on any atom is 0.129 e. The van der Waals surface area contributed by atoms with Crippen LogP contribution in [0.3, 0.4) is 0 Å². The summed E-state index contributed by atoms with van der Waals surface area (Å²) in [5, 5.41) is 9.79. The molecule has 2 heterocycles. The summed E-state index contributed by atoms with van der Waals surface area (Å²) in [6, 6.07) is 3.68. The van der Waals surface area contributed by atoms with Crippen LogP contribution in [0.4, 0.5) is 0 Å². The number of furan rings is 1. The highest BCUT2D eigenvalue weighted by molar-refractivity contribution is 4.96. The molecule has 1 atom stereocenters. The molecule has 0 spiro atoms. The van der Waals surface area contributed by atoms with E-state index in [9.17, 15) is 5.11 Å². The summed E-state index contributed by atoms with van der Waals surface area (Å²) in [6.45, 7) is 4.65. The molecule has 1 aromatic heterocycles. The van der Waals surface area contributed by atoms with Gasteiger partial charge in [-0.15, -0.1) is 0 Å². The third-order valence-electron chi connectivity index (χ3n) is 2.71. The van der Waals surface area contributed by atoms with Gasteiger partial charge in [-0.1, -0.05) is 0 Å². The fourth-order valence-corrected chi connectivity index (χ4v) is 1.82. The zero-order chi connectivity index (χ0) is 11.9. The number of ether oxygens (including phenoxy) is 2. The zero-order valence-electron chi connectivity index (χ0n) is 9.88. The largest absolute Gasteiger partial charge is 0.467 e. The van der Waals surface area contributed by atoms with E-state index >= 15 is 0 Å². The average molecular weight is 241 g/mol. The summed E-state index contributed by atoms with van der Waals surface area (Å²) in [5.74, 6) is 0.781. The van der Waals surface area contributed by atoms with E-state index in [0.717, 1.165) is 32.1 Å². The van der Waals surface area contributed by atoms with Crippen LogP contribution in [0.5, 0.6) is 0 Å². The Morgan fingerprint density at radius 1 is 1.41 bits per heavy atom. The molecule has 0 bridgehead atoms. The minimum Gasteiger partial charge on any atom is -0.467 e. The molecule has 1 fully saturated rings. The highest BCUT2D eigenvalue weighted by Gasteiger charge is 2.14. The van der Waals surface area contributed by atoms with Gasteiger partial charge >= 0.3 is 0 Å². The fourth-order valence-electron chi connectivity index (χ4n) is 1.82. The Morgan fingerprint density at radius 3 is 2.94 bits per heavy atom. The van der Waals surface area contributed by atoms with Gasteiger partial charge in [0.2, 0.25) is 0 Å². The first kappa shape index (κ1) is 12.6. The van der Waals surface area contributed by atoms with E-state index in [2.05, 4.69) is 4.90 Å². The Balaban J connectivity index is 1.58. The molecule has 1 saturated heterocycles. The van der Waals surface area contributed by atoms with Crippen LogP contribution in [0.15, 0.2) is 22.8 Å². The molecule has 0 aromatic carbocycles. The van der Waals surface area contributed by atoms with E-state index in [1.54, 1.807) is 6.26 Å². The van der Waals surface area contributed by atoms with Gasteiger partial charge in [0.05, 0.1) is 32.2 Å². The summed E-state index contributed by atoms with van der Waals surface area (Å²) in [7, 11) is 0. The molecule has 2 rings (SSSR count). The van der Waals surface area contributed by atoms with Crippen molar-refractivity contribution in [3.05, 3.63) is 24.2 Å². The lowest BCUT2D eigenvalue weighted by Gasteiger charge is -2.28. The summed E-state index contributed by atoms with van der Waals surface area (Å²) in [6.07, 6.45) is 1.16. The third-order valence-corrected chi connectivity index (χ3v) is 2.71. The van der Waals surface area contributed by atoms with Crippen molar-refractivity contribution in [2.24, 2.45) is 0 Å². The number of rotatable bonds is 6. The van der Waals surface area contributed by atoms with Crippen LogP contribution < -0.4 is 0 Å². The lowest BCUT2D eigenvalue weighted by atomic mass is 10.3. The normalized spacial score (nSPS) is 19.4. The smallest absolute Gasteiger partial charge is 0.129 e. The minimum atomic E-state index is -0.455. The van der Waals surface area contributed by atoms with Gasteiger partial charge in [0.25, 0.3) is 0 Å². The van der Waals surface area contributed by atoms with Crippen molar-refractivity contribution in [1.29, 1.82) is 0 Å². The first-order chi connectivity index (χ1) is 8.34. The van der Waals surface area contributed by atoms with Crippen LogP contribution >= 0.6 is 0 Å². The van der Waals surface area contributed by atoms with Crippen molar-refractivity contribution in [2.75, 3.05) is 39.5 Å². The predicted octanol–water partition coefficient (Wildman–Crippen LogP) is 0.489. The molecular formula is C12H19NO4. The first-order valence-corrected chi connectivity index (χ1v) is 5.93. The molecule has 5 nitrogen and oxygen atoms in total. The van der Waals surface area contributed by atoms with E-state index in [1.807, 2.05) is 12.1 Å². The SMILES string of the molecule is OC(COCc1ccco1)CN1CCOCC1. The van der Waals surface area contributed by atoms with Gasteiger partial charge in [-0.3, -0.25) is 4.90 Å². The van der Waals surface area contributed by atoms with Gasteiger partial charge in [-0.25, -0.2) is 0 Å². The van der Waals surface area contributed by atoms with Crippen molar-refractivity contribution < 1.29 is 19.0 Å². The Labute approximate surface area is 101 Å². The van der Waals surface area contributed by atoms with Crippen LogP contribution in [0.2, 0.25) is 0 Å².